The molecule has 1 fully saturated rings. The van der Waals surface area contributed by atoms with Gasteiger partial charge in [-0.25, -0.2) is 13.2 Å². The Morgan fingerprint density at radius 3 is 2.73 bits per heavy atom. The summed E-state index contributed by atoms with van der Waals surface area (Å²) in [4.78, 5) is 12.5. The molecular weight excluding hydrogens is 343 g/mol. The lowest BCUT2D eigenvalue weighted by Gasteiger charge is -2.27. The van der Waals surface area contributed by atoms with Crippen LogP contribution in [0.4, 0.5) is 13.2 Å². The van der Waals surface area contributed by atoms with Crippen LogP contribution in [0.25, 0.3) is 5.57 Å². The third-order valence-corrected chi connectivity index (χ3v) is 4.61. The Bertz CT molecular complexity index is 842. The van der Waals surface area contributed by atoms with Crippen LogP contribution in [-0.2, 0) is 0 Å². The number of carbonyl (C=O) groups excluding carboxylic acids is 1. The van der Waals surface area contributed by atoms with Crippen molar-refractivity contribution in [3.8, 4) is 0 Å². The number of allylic oxidation sites excluding steroid dienone is 2. The molecule has 1 aliphatic heterocycles. The zero-order valence-corrected chi connectivity index (χ0v) is 14.3. The first kappa shape index (κ1) is 18.1. The Kier molecular flexibility index (Phi) is 4.80. The van der Waals surface area contributed by atoms with Gasteiger partial charge in [-0.05, 0) is 30.2 Å². The summed E-state index contributed by atoms with van der Waals surface area (Å²) >= 11 is 0. The zero-order chi connectivity index (χ0) is 18.9. The van der Waals surface area contributed by atoms with E-state index in [1.807, 2.05) is 6.92 Å². The average molecular weight is 361 g/mol. The highest BCUT2D eigenvalue weighted by Gasteiger charge is 2.57. The summed E-state index contributed by atoms with van der Waals surface area (Å²) in [5.41, 5.74) is 2.20. The van der Waals surface area contributed by atoms with E-state index in [1.165, 1.54) is 6.07 Å². The summed E-state index contributed by atoms with van der Waals surface area (Å²) in [6.07, 6.45) is 3.95. The molecule has 1 saturated carbocycles. The number of alkyl halides is 2. The molecule has 0 amide bonds. The zero-order valence-electron chi connectivity index (χ0n) is 14.3. The Morgan fingerprint density at radius 2 is 2.19 bits per heavy atom. The van der Waals surface area contributed by atoms with Crippen LogP contribution >= 0.6 is 0 Å². The maximum Gasteiger partial charge on any atom is 0.252 e. The summed E-state index contributed by atoms with van der Waals surface area (Å²) in [6, 6.07) is 4.30. The molecule has 136 valence electrons. The van der Waals surface area contributed by atoms with E-state index in [0.717, 1.165) is 5.57 Å². The van der Waals surface area contributed by atoms with E-state index in [9.17, 15) is 18.0 Å². The normalized spacial score (nSPS) is 21.8. The number of amidine groups is 1. The predicted octanol–water partition coefficient (Wildman–Crippen LogP) is 4.30. The van der Waals surface area contributed by atoms with Gasteiger partial charge in [0, 0.05) is 49.3 Å². The lowest BCUT2D eigenvalue weighted by Crippen LogP contribution is -2.30. The first-order valence-electron chi connectivity index (χ1n) is 8.16. The largest absolute Gasteiger partial charge is 0.331 e. The monoisotopic (exact) mass is 361 g/mol. The number of aldehydes is 1. The van der Waals surface area contributed by atoms with Crippen molar-refractivity contribution in [3.63, 3.8) is 0 Å². The minimum Gasteiger partial charge on any atom is -0.331 e. The summed E-state index contributed by atoms with van der Waals surface area (Å²) < 4.78 is 40.7. The molecule has 0 saturated heterocycles. The SMILES string of the molecule is C=N/N=C(/CC1CC1(F)F)N1C=CC(c2ccc(C=O)cc2F)=C(C)C1. The van der Waals surface area contributed by atoms with Gasteiger partial charge in [0.15, 0.2) is 0 Å². The van der Waals surface area contributed by atoms with E-state index in [-0.39, 0.29) is 18.4 Å². The van der Waals surface area contributed by atoms with Crippen molar-refractivity contribution in [2.45, 2.75) is 25.7 Å². The number of carbonyl (C=O) groups is 1. The molecule has 2 aliphatic rings. The maximum absolute atomic E-state index is 14.3. The molecule has 1 atom stereocenters. The van der Waals surface area contributed by atoms with Crippen LogP contribution in [0.3, 0.4) is 0 Å². The van der Waals surface area contributed by atoms with Gasteiger partial charge in [-0.15, -0.1) is 5.10 Å². The van der Waals surface area contributed by atoms with Gasteiger partial charge in [-0.2, -0.15) is 5.10 Å². The van der Waals surface area contributed by atoms with Crippen molar-refractivity contribution >= 4 is 24.4 Å². The van der Waals surface area contributed by atoms with Gasteiger partial charge < -0.3 is 4.90 Å². The van der Waals surface area contributed by atoms with Gasteiger partial charge in [0.1, 0.15) is 17.9 Å². The molecule has 3 rings (SSSR count). The van der Waals surface area contributed by atoms with Crippen molar-refractivity contribution in [2.24, 2.45) is 16.1 Å². The van der Waals surface area contributed by atoms with Crippen LogP contribution in [-0.4, -0.2) is 36.2 Å². The first-order valence-corrected chi connectivity index (χ1v) is 8.16. The van der Waals surface area contributed by atoms with E-state index in [2.05, 4.69) is 16.9 Å². The highest BCUT2D eigenvalue weighted by Crippen LogP contribution is 2.51. The number of hydrogen-bond acceptors (Lipinski definition) is 3. The van der Waals surface area contributed by atoms with E-state index in [1.54, 1.807) is 29.3 Å². The van der Waals surface area contributed by atoms with E-state index in [4.69, 9.17) is 0 Å². The lowest BCUT2D eigenvalue weighted by molar-refractivity contribution is 0.0997. The Morgan fingerprint density at radius 1 is 1.46 bits per heavy atom. The van der Waals surface area contributed by atoms with Crippen LogP contribution in [0.15, 0.2) is 46.3 Å². The third-order valence-electron chi connectivity index (χ3n) is 4.61. The van der Waals surface area contributed by atoms with Gasteiger partial charge in [0.25, 0.3) is 5.92 Å². The van der Waals surface area contributed by atoms with Crippen LogP contribution in [0.2, 0.25) is 0 Å². The third kappa shape index (κ3) is 3.61. The van der Waals surface area contributed by atoms with Crippen molar-refractivity contribution in [1.29, 1.82) is 0 Å². The first-order chi connectivity index (χ1) is 12.4. The van der Waals surface area contributed by atoms with Crippen molar-refractivity contribution < 1.29 is 18.0 Å². The molecular formula is C19H18F3N3O. The van der Waals surface area contributed by atoms with Crippen molar-refractivity contribution in [3.05, 3.63) is 53.0 Å². The molecule has 0 N–H and O–H groups in total. The van der Waals surface area contributed by atoms with Crippen LogP contribution in [0.5, 0.6) is 0 Å². The molecule has 0 spiro atoms. The fraction of sp³-hybridized carbons (Fsp3) is 0.316. The molecule has 4 nitrogen and oxygen atoms in total. The van der Waals surface area contributed by atoms with Crippen LogP contribution < -0.4 is 0 Å². The fourth-order valence-corrected chi connectivity index (χ4v) is 3.03. The molecule has 1 heterocycles. The van der Waals surface area contributed by atoms with E-state index < -0.39 is 17.7 Å². The second-order valence-electron chi connectivity index (χ2n) is 6.52. The summed E-state index contributed by atoms with van der Waals surface area (Å²) in [5, 5.41) is 7.39. The second kappa shape index (κ2) is 6.90. The maximum atomic E-state index is 14.3. The average Bonchev–Trinajstić information content (AvgIpc) is 3.21. The minimum atomic E-state index is -2.64. The molecule has 1 aromatic rings. The topological polar surface area (TPSA) is 45.0 Å². The number of hydrogen-bond donors (Lipinski definition) is 0. The minimum absolute atomic E-state index is 0.112. The van der Waals surface area contributed by atoms with Gasteiger partial charge in [0.05, 0.1) is 0 Å². The highest BCUT2D eigenvalue weighted by molar-refractivity contribution is 5.87. The van der Waals surface area contributed by atoms with Crippen molar-refractivity contribution in [1.82, 2.24) is 4.90 Å². The smallest absolute Gasteiger partial charge is 0.252 e. The molecule has 26 heavy (non-hydrogen) atoms. The van der Waals surface area contributed by atoms with Gasteiger partial charge in [-0.3, -0.25) is 4.79 Å². The molecule has 1 unspecified atom stereocenters. The van der Waals surface area contributed by atoms with Gasteiger partial charge >= 0.3 is 0 Å². The number of benzene rings is 1. The van der Waals surface area contributed by atoms with Gasteiger partial charge in [-0.1, -0.05) is 12.1 Å². The summed E-state index contributed by atoms with van der Waals surface area (Å²) in [5.74, 6) is -3.44. The Balaban J connectivity index is 1.80. The standard InChI is InChI=1S/C19H18F3N3O/c1-12-10-25(18(24-23-2)8-14-9-19(14,21)22)6-5-15(12)16-4-3-13(11-26)7-17(16)20/h3-7,11,14H,2,8-10H2,1H3/b24-18-. The summed E-state index contributed by atoms with van der Waals surface area (Å²) in [6.45, 7) is 5.52. The van der Waals surface area contributed by atoms with Gasteiger partial charge in [0.2, 0.25) is 0 Å². The van der Waals surface area contributed by atoms with E-state index in [0.29, 0.717) is 29.8 Å². The predicted molar refractivity (Wildman–Crippen MR) is 94.9 cm³/mol. The molecule has 0 bridgehead atoms. The molecule has 0 aromatic heterocycles. The van der Waals surface area contributed by atoms with Crippen LogP contribution in [0, 0.1) is 11.7 Å². The lowest BCUT2D eigenvalue weighted by atomic mass is 9.96. The van der Waals surface area contributed by atoms with Crippen LogP contribution in [0.1, 0.15) is 35.7 Å². The molecule has 1 aliphatic carbocycles. The number of rotatable bonds is 5. The Hall–Kier alpha value is -2.70. The van der Waals surface area contributed by atoms with E-state index >= 15 is 0 Å². The molecule has 1 aromatic carbocycles. The Labute approximate surface area is 149 Å². The highest BCUT2D eigenvalue weighted by atomic mass is 19.3. The fourth-order valence-electron chi connectivity index (χ4n) is 3.03. The van der Waals surface area contributed by atoms with Crippen molar-refractivity contribution in [2.75, 3.05) is 6.54 Å². The molecule has 7 heteroatoms. The summed E-state index contributed by atoms with van der Waals surface area (Å²) in [7, 11) is 0. The molecule has 0 radical (unpaired) electrons. The second-order valence-corrected chi connectivity index (χ2v) is 6.52. The quantitative estimate of drug-likeness (QED) is 0.340. The number of halogens is 3. The number of nitrogens with zero attached hydrogens (tertiary/aromatic N) is 3.